The molecule has 9 aromatic rings. The molecule has 0 unspecified atom stereocenters. The normalized spacial score (nSPS) is 13.4. The van der Waals surface area contributed by atoms with Gasteiger partial charge >= 0.3 is 8.60 Å². The van der Waals surface area contributed by atoms with Crippen LogP contribution in [0.3, 0.4) is 0 Å². The summed E-state index contributed by atoms with van der Waals surface area (Å²) in [5.74, 6) is 2.25. The molecular weight excluding hydrogens is 1450 g/mol. The third-order valence-electron chi connectivity index (χ3n) is 30.8. The largest absolute Gasteiger partial charge is 0.530 e. The molecule has 638 valence electrons. The highest BCUT2D eigenvalue weighted by Crippen LogP contribution is 2.63. The van der Waals surface area contributed by atoms with Gasteiger partial charge in [0.2, 0.25) is 0 Å². The van der Waals surface area contributed by atoms with Crippen molar-refractivity contribution in [2.24, 2.45) is 0 Å². The van der Waals surface area contributed by atoms with Crippen molar-refractivity contribution in [3.05, 3.63) is 231 Å². The first kappa shape index (κ1) is 94.7. The highest BCUT2D eigenvalue weighted by molar-refractivity contribution is 7.43. The predicted octanol–water partition coefficient (Wildman–Crippen LogP) is 35.7. The molecule has 0 saturated carbocycles. The Balaban J connectivity index is 1.73. The highest BCUT2D eigenvalue weighted by atomic mass is 31.2. The van der Waals surface area contributed by atoms with Crippen LogP contribution < -0.4 is 13.6 Å². The monoisotopic (exact) mass is 1610 g/mol. The molecular formula is C114H159O3P. The zero-order valence-electron chi connectivity index (χ0n) is 81.2. The second-order valence-corrected chi connectivity index (χ2v) is 43.8. The van der Waals surface area contributed by atoms with Gasteiger partial charge in [0, 0.05) is 16.7 Å². The first-order valence-corrected chi connectivity index (χ1v) is 47.2. The average Bonchev–Trinajstić information content (AvgIpc) is 0.725. The van der Waals surface area contributed by atoms with Crippen molar-refractivity contribution >= 4 is 8.60 Å². The lowest BCUT2D eigenvalue weighted by Crippen LogP contribution is -2.28. The molecule has 0 saturated heterocycles. The van der Waals surface area contributed by atoms with Crippen molar-refractivity contribution < 1.29 is 13.6 Å². The molecule has 0 atom stereocenters. The molecule has 0 spiro atoms. The van der Waals surface area contributed by atoms with Crippen LogP contribution in [0.2, 0.25) is 0 Å². The Morgan fingerprint density at radius 2 is 0.314 bits per heavy atom. The van der Waals surface area contributed by atoms with Crippen LogP contribution in [0.4, 0.5) is 0 Å². The van der Waals surface area contributed by atoms with E-state index >= 15 is 0 Å². The van der Waals surface area contributed by atoms with E-state index in [9.17, 15) is 0 Å². The second kappa shape index (κ2) is 35.7. The van der Waals surface area contributed by atoms with Crippen LogP contribution in [0, 0.1) is 0 Å². The predicted molar refractivity (Wildman–Crippen MR) is 521 cm³/mol. The fourth-order valence-electron chi connectivity index (χ4n) is 17.8. The van der Waals surface area contributed by atoms with Crippen molar-refractivity contribution in [3.63, 3.8) is 0 Å². The van der Waals surface area contributed by atoms with Crippen LogP contribution in [0.15, 0.2) is 164 Å². The molecule has 0 amide bonds. The number of hydrogen-bond donors (Lipinski definition) is 0. The molecule has 0 aliphatic rings. The fourth-order valence-corrected chi connectivity index (χ4v) is 18.8. The Morgan fingerprint density at radius 3 is 0.466 bits per heavy atom. The number of benzene rings is 9. The van der Waals surface area contributed by atoms with E-state index in [1.807, 2.05) is 0 Å². The molecule has 9 rings (SSSR count). The van der Waals surface area contributed by atoms with Crippen molar-refractivity contribution in [3.8, 4) is 84.0 Å². The summed E-state index contributed by atoms with van der Waals surface area (Å²) in [6.07, 6.45) is 11.0. The smallest absolute Gasteiger partial charge is 0.408 e. The summed E-state index contributed by atoms with van der Waals surface area (Å²) in [4.78, 5) is 0. The second-order valence-electron chi connectivity index (χ2n) is 42.8. The summed E-state index contributed by atoms with van der Waals surface area (Å²) in [5.41, 5.74) is 26.4. The van der Waals surface area contributed by atoms with Crippen LogP contribution in [-0.4, -0.2) is 0 Å². The van der Waals surface area contributed by atoms with Crippen molar-refractivity contribution in [1.82, 2.24) is 0 Å². The summed E-state index contributed by atoms with van der Waals surface area (Å²) in [7, 11) is -2.66. The van der Waals surface area contributed by atoms with Crippen LogP contribution >= 0.6 is 8.60 Å². The van der Waals surface area contributed by atoms with Gasteiger partial charge in [-0.05, 0) is 277 Å². The molecule has 118 heavy (non-hydrogen) atoms. The third kappa shape index (κ3) is 18.3. The van der Waals surface area contributed by atoms with E-state index < -0.39 is 8.60 Å². The standard InChI is InChI=1S/C114H159O3P/c1-37-103(13,14)82-67-55-49-61-76(82)94-91(73-88(109(25,26)43-7)100(112(31,32)46-10)97(94)79-64-52-58-70-85(79)106(19,20)40-4)115-118(116-92-74-89(110(27,28)44-8)101(113(33,34)47-11)98(80-65-53-59-71-86(80)107(21,22)41-5)95(92)77-62-50-56-68-83(77)104(15,16)38-2)117-93-75-90(111(29,30)45-9)102(114(35,36)48-12)99(81-66-54-60-72-87(81)108(23,24)42-6)96(93)78-63-51-57-69-84(78)105(17,18)39-3/h49-75H,37-48H2,1-36H3. The molecule has 4 heteroatoms. The van der Waals surface area contributed by atoms with Gasteiger partial charge in [0.1, 0.15) is 17.2 Å². The quantitative estimate of drug-likeness (QED) is 0.0366. The first-order chi connectivity index (χ1) is 55.0. The molecule has 0 aromatic heterocycles. The van der Waals surface area contributed by atoms with Crippen molar-refractivity contribution in [2.75, 3.05) is 0 Å². The topological polar surface area (TPSA) is 27.7 Å². The van der Waals surface area contributed by atoms with Gasteiger partial charge in [-0.1, -0.05) is 395 Å². The first-order valence-electron chi connectivity index (χ1n) is 46.1. The highest BCUT2D eigenvalue weighted by Gasteiger charge is 2.45. The summed E-state index contributed by atoms with van der Waals surface area (Å²) in [6.45, 7) is 87.7. The van der Waals surface area contributed by atoms with E-state index in [-0.39, 0.29) is 65.0 Å². The van der Waals surface area contributed by atoms with Gasteiger partial charge < -0.3 is 13.6 Å². The Kier molecular flexibility index (Phi) is 28.6. The molecule has 0 N–H and O–H groups in total. The van der Waals surface area contributed by atoms with Crippen LogP contribution in [-0.2, 0) is 65.0 Å². The minimum absolute atomic E-state index is 0.214. The summed E-state index contributed by atoms with van der Waals surface area (Å²) < 4.78 is 26.9. The Hall–Kier alpha value is -7.19. The van der Waals surface area contributed by atoms with Gasteiger partial charge in [-0.3, -0.25) is 0 Å². The summed E-state index contributed by atoms with van der Waals surface area (Å²) in [5, 5.41) is 0. The van der Waals surface area contributed by atoms with E-state index in [4.69, 9.17) is 13.6 Å². The maximum absolute atomic E-state index is 8.97. The molecule has 9 aromatic carbocycles. The molecule has 0 radical (unpaired) electrons. The number of rotatable bonds is 36. The van der Waals surface area contributed by atoms with Gasteiger partial charge in [0.25, 0.3) is 0 Å². The van der Waals surface area contributed by atoms with Gasteiger partial charge in [-0.15, -0.1) is 0 Å². The van der Waals surface area contributed by atoms with Gasteiger partial charge in [-0.25, -0.2) is 0 Å². The maximum Gasteiger partial charge on any atom is 0.530 e. The SMILES string of the molecule is CCC(C)(C)c1ccccc1-c1c(OP(Oc2cc(C(C)(C)CC)c(C(C)(C)CC)c(-c3ccccc3C(C)(C)CC)c2-c2ccccc2C(C)(C)CC)Oc2cc(C(C)(C)CC)c(C(C)(C)CC)c(-c3ccccc3C(C)(C)CC)c2-c2ccccc2C(C)(C)CC)cc(C(C)(C)CC)c(C(C)(C)CC)c1-c1ccccc1C(C)(C)CC. The lowest BCUT2D eigenvalue weighted by atomic mass is 9.65. The summed E-state index contributed by atoms with van der Waals surface area (Å²) in [6, 6.07) is 64.0. The van der Waals surface area contributed by atoms with Gasteiger partial charge in [-0.2, -0.15) is 0 Å². The van der Waals surface area contributed by atoms with Gasteiger partial charge in [0.15, 0.2) is 0 Å². The zero-order chi connectivity index (χ0) is 87.9. The molecule has 0 aliphatic heterocycles. The fraction of sp³-hybridized carbons (Fsp3) is 0.526. The van der Waals surface area contributed by atoms with E-state index in [0.29, 0.717) is 0 Å². The van der Waals surface area contributed by atoms with Crippen LogP contribution in [0.25, 0.3) is 66.8 Å². The minimum Gasteiger partial charge on any atom is -0.408 e. The minimum atomic E-state index is -2.66. The lowest BCUT2D eigenvalue weighted by molar-refractivity contribution is 0.384. The molecule has 0 fully saturated rings. The van der Waals surface area contributed by atoms with E-state index in [1.54, 1.807) is 0 Å². The van der Waals surface area contributed by atoms with E-state index in [0.717, 1.165) is 128 Å². The van der Waals surface area contributed by atoms with Crippen LogP contribution in [0.5, 0.6) is 17.2 Å². The molecule has 0 aliphatic carbocycles. The molecule has 0 heterocycles. The van der Waals surface area contributed by atoms with E-state index in [2.05, 4.69) is 413 Å². The van der Waals surface area contributed by atoms with Crippen molar-refractivity contribution in [1.29, 1.82) is 0 Å². The Bertz CT molecular complexity index is 4510. The van der Waals surface area contributed by atoms with Gasteiger partial charge in [0.05, 0.1) is 0 Å². The molecule has 3 nitrogen and oxygen atoms in total. The Morgan fingerprint density at radius 1 is 0.178 bits per heavy atom. The van der Waals surface area contributed by atoms with Crippen LogP contribution in [0.1, 0.15) is 393 Å². The van der Waals surface area contributed by atoms with Crippen molar-refractivity contribution in [2.45, 2.75) is 391 Å². The zero-order valence-corrected chi connectivity index (χ0v) is 82.1. The number of hydrogen-bond acceptors (Lipinski definition) is 3. The average molecular weight is 1610 g/mol. The maximum atomic E-state index is 8.97. The summed E-state index contributed by atoms with van der Waals surface area (Å²) >= 11 is 0. The third-order valence-corrected chi connectivity index (χ3v) is 31.8. The lowest BCUT2D eigenvalue weighted by Gasteiger charge is -2.40. The molecule has 0 bridgehead atoms. The Labute approximate surface area is 723 Å². The van der Waals surface area contributed by atoms with E-state index in [1.165, 1.54) is 100 Å².